The van der Waals surface area contributed by atoms with Crippen LogP contribution < -0.4 is 0 Å². The summed E-state index contributed by atoms with van der Waals surface area (Å²) in [5.41, 5.74) is 2.57. The second-order valence-electron chi connectivity index (χ2n) is 8.12. The normalized spacial score (nSPS) is 13.4. The summed E-state index contributed by atoms with van der Waals surface area (Å²) in [7, 11) is -3.50. The van der Waals surface area contributed by atoms with Gasteiger partial charge in [0.05, 0.1) is 4.90 Å². The molecule has 140 valence electrons. The standard InChI is InChI=1S/C23H30O2S/c1-6-19-12-14-20(15-13-19)21(17-23(3,4)5)16-18(2)26(24,25)22-10-8-7-9-11-22/h7-15,21H,2,6,16-17H2,1,3-5H3. The average molecular weight is 371 g/mol. The van der Waals surface area contributed by atoms with E-state index in [2.05, 4.69) is 58.5 Å². The molecule has 2 aromatic carbocycles. The van der Waals surface area contributed by atoms with Crippen LogP contribution in [0.3, 0.4) is 0 Å². The second kappa shape index (κ2) is 8.22. The van der Waals surface area contributed by atoms with Crippen LogP contribution in [-0.2, 0) is 16.3 Å². The molecule has 0 N–H and O–H groups in total. The Balaban J connectivity index is 2.29. The minimum Gasteiger partial charge on any atom is -0.219 e. The number of benzene rings is 2. The van der Waals surface area contributed by atoms with E-state index >= 15 is 0 Å². The van der Waals surface area contributed by atoms with Crippen molar-refractivity contribution >= 4 is 9.84 Å². The SMILES string of the molecule is C=C(CC(CC(C)(C)C)c1ccc(CC)cc1)S(=O)(=O)c1ccccc1. The lowest BCUT2D eigenvalue weighted by Gasteiger charge is -2.27. The molecule has 0 fully saturated rings. The Bertz CT molecular complexity index is 826. The lowest BCUT2D eigenvalue weighted by molar-refractivity contribution is 0.339. The van der Waals surface area contributed by atoms with Crippen LogP contribution in [0.4, 0.5) is 0 Å². The van der Waals surface area contributed by atoms with Crippen LogP contribution in [0.2, 0.25) is 0 Å². The Morgan fingerprint density at radius 3 is 2.08 bits per heavy atom. The van der Waals surface area contributed by atoms with E-state index in [1.165, 1.54) is 11.1 Å². The first-order valence-corrected chi connectivity index (χ1v) is 10.7. The van der Waals surface area contributed by atoms with E-state index in [0.29, 0.717) is 11.3 Å². The summed E-state index contributed by atoms with van der Waals surface area (Å²) < 4.78 is 25.7. The van der Waals surface area contributed by atoms with Gasteiger partial charge in [0.1, 0.15) is 0 Å². The van der Waals surface area contributed by atoms with Crippen LogP contribution in [-0.4, -0.2) is 8.42 Å². The lowest BCUT2D eigenvalue weighted by Crippen LogP contribution is -2.15. The van der Waals surface area contributed by atoms with Gasteiger partial charge in [0.25, 0.3) is 0 Å². The van der Waals surface area contributed by atoms with Crippen LogP contribution in [0.5, 0.6) is 0 Å². The van der Waals surface area contributed by atoms with Crippen LogP contribution >= 0.6 is 0 Å². The van der Waals surface area contributed by atoms with Crippen LogP contribution in [0.25, 0.3) is 0 Å². The van der Waals surface area contributed by atoms with Crippen molar-refractivity contribution < 1.29 is 8.42 Å². The molecule has 0 radical (unpaired) electrons. The third-order valence-corrected chi connectivity index (χ3v) is 6.45. The molecule has 0 aliphatic heterocycles. The molecule has 0 aromatic heterocycles. The zero-order valence-corrected chi connectivity index (χ0v) is 17.1. The fourth-order valence-electron chi connectivity index (χ4n) is 3.22. The number of aryl methyl sites for hydroxylation is 1. The van der Waals surface area contributed by atoms with Crippen LogP contribution in [0.15, 0.2) is 71.0 Å². The first-order valence-electron chi connectivity index (χ1n) is 9.20. The van der Waals surface area contributed by atoms with Crippen molar-refractivity contribution in [2.45, 2.75) is 57.8 Å². The first kappa shape index (κ1) is 20.4. The Labute approximate surface area is 158 Å². The molecular weight excluding hydrogens is 340 g/mol. The van der Waals surface area contributed by atoms with E-state index in [0.717, 1.165) is 12.8 Å². The van der Waals surface area contributed by atoms with E-state index in [4.69, 9.17) is 0 Å². The Morgan fingerprint density at radius 1 is 1.00 bits per heavy atom. The molecule has 0 amide bonds. The average Bonchev–Trinajstić information content (AvgIpc) is 2.60. The van der Waals surface area contributed by atoms with Crippen LogP contribution in [0.1, 0.15) is 57.6 Å². The summed E-state index contributed by atoms with van der Waals surface area (Å²) in [6.45, 7) is 12.6. The van der Waals surface area contributed by atoms with Gasteiger partial charge in [0.2, 0.25) is 9.84 Å². The zero-order valence-electron chi connectivity index (χ0n) is 16.3. The van der Waals surface area contributed by atoms with Crippen molar-refractivity contribution in [1.82, 2.24) is 0 Å². The molecular formula is C23H30O2S. The van der Waals surface area contributed by atoms with E-state index in [1.54, 1.807) is 24.3 Å². The fourth-order valence-corrected chi connectivity index (χ4v) is 4.49. The molecule has 26 heavy (non-hydrogen) atoms. The van der Waals surface area contributed by atoms with E-state index in [1.807, 2.05) is 6.07 Å². The maximum atomic E-state index is 12.9. The van der Waals surface area contributed by atoms with Gasteiger partial charge >= 0.3 is 0 Å². The Morgan fingerprint density at radius 2 is 1.58 bits per heavy atom. The van der Waals surface area contributed by atoms with Gasteiger partial charge in [-0.25, -0.2) is 8.42 Å². The van der Waals surface area contributed by atoms with Crippen molar-refractivity contribution in [2.24, 2.45) is 5.41 Å². The van der Waals surface area contributed by atoms with Crippen LogP contribution in [0, 0.1) is 5.41 Å². The van der Waals surface area contributed by atoms with Crippen molar-refractivity contribution in [3.8, 4) is 0 Å². The third kappa shape index (κ3) is 5.31. The minimum absolute atomic E-state index is 0.102. The third-order valence-electron chi connectivity index (χ3n) is 4.63. The summed E-state index contributed by atoms with van der Waals surface area (Å²) in [5.74, 6) is 0.131. The van der Waals surface area contributed by atoms with Crippen molar-refractivity contribution in [2.75, 3.05) is 0 Å². The van der Waals surface area contributed by atoms with Gasteiger partial charge in [-0.05, 0) is 53.9 Å². The highest BCUT2D eigenvalue weighted by Crippen LogP contribution is 2.37. The molecule has 0 saturated heterocycles. The van der Waals surface area contributed by atoms with Gasteiger partial charge in [-0.1, -0.05) is 76.7 Å². The smallest absolute Gasteiger partial charge is 0.202 e. The first-order chi connectivity index (χ1) is 12.1. The predicted molar refractivity (Wildman–Crippen MR) is 110 cm³/mol. The molecule has 1 unspecified atom stereocenters. The second-order valence-corrected chi connectivity index (χ2v) is 10.2. The Kier molecular flexibility index (Phi) is 6.46. The lowest BCUT2D eigenvalue weighted by atomic mass is 9.79. The fraction of sp³-hybridized carbons (Fsp3) is 0.391. The highest BCUT2D eigenvalue weighted by molar-refractivity contribution is 7.95. The highest BCUT2D eigenvalue weighted by Gasteiger charge is 2.26. The molecule has 2 rings (SSSR count). The molecule has 2 aromatic rings. The topological polar surface area (TPSA) is 34.1 Å². The summed E-state index contributed by atoms with van der Waals surface area (Å²) in [6, 6.07) is 17.1. The van der Waals surface area contributed by atoms with Crippen molar-refractivity contribution in [3.63, 3.8) is 0 Å². The number of rotatable bonds is 7. The van der Waals surface area contributed by atoms with Crippen molar-refractivity contribution in [3.05, 3.63) is 77.2 Å². The quantitative estimate of drug-likeness (QED) is 0.586. The van der Waals surface area contributed by atoms with E-state index < -0.39 is 9.84 Å². The molecule has 1 atom stereocenters. The molecule has 0 aliphatic carbocycles. The van der Waals surface area contributed by atoms with Gasteiger partial charge in [-0.15, -0.1) is 0 Å². The molecule has 0 aliphatic rings. The highest BCUT2D eigenvalue weighted by atomic mass is 32.2. The summed E-state index contributed by atoms with van der Waals surface area (Å²) in [6.07, 6.45) is 2.35. The van der Waals surface area contributed by atoms with Gasteiger partial charge in [0, 0.05) is 4.91 Å². The summed E-state index contributed by atoms with van der Waals surface area (Å²) >= 11 is 0. The maximum Gasteiger partial charge on any atom is 0.202 e. The zero-order chi connectivity index (χ0) is 19.4. The summed E-state index contributed by atoms with van der Waals surface area (Å²) in [4.78, 5) is 0.610. The maximum absolute atomic E-state index is 12.9. The van der Waals surface area contributed by atoms with E-state index in [9.17, 15) is 8.42 Å². The molecule has 3 heteroatoms. The number of hydrogen-bond acceptors (Lipinski definition) is 2. The predicted octanol–water partition coefficient (Wildman–Crippen LogP) is 6.15. The molecule has 0 spiro atoms. The summed E-state index contributed by atoms with van der Waals surface area (Å²) in [5, 5.41) is 0. The van der Waals surface area contributed by atoms with Gasteiger partial charge in [-0.2, -0.15) is 0 Å². The molecule has 0 heterocycles. The Hall–Kier alpha value is -1.87. The number of hydrogen-bond donors (Lipinski definition) is 0. The number of sulfone groups is 1. The van der Waals surface area contributed by atoms with Crippen molar-refractivity contribution in [1.29, 1.82) is 0 Å². The van der Waals surface area contributed by atoms with Gasteiger partial charge in [-0.3, -0.25) is 0 Å². The minimum atomic E-state index is -3.50. The number of allylic oxidation sites excluding steroid dienone is 1. The molecule has 0 saturated carbocycles. The monoisotopic (exact) mass is 370 g/mol. The largest absolute Gasteiger partial charge is 0.219 e. The molecule has 2 nitrogen and oxygen atoms in total. The molecule has 0 bridgehead atoms. The van der Waals surface area contributed by atoms with Gasteiger partial charge in [0.15, 0.2) is 0 Å². The van der Waals surface area contributed by atoms with Gasteiger partial charge < -0.3 is 0 Å². The van der Waals surface area contributed by atoms with E-state index in [-0.39, 0.29) is 16.2 Å².